The lowest BCUT2D eigenvalue weighted by molar-refractivity contribution is 0.423. The van der Waals surface area contributed by atoms with E-state index in [1.165, 1.54) is 0 Å². The highest BCUT2D eigenvalue weighted by Gasteiger charge is 2.14. The van der Waals surface area contributed by atoms with Crippen molar-refractivity contribution in [3.63, 3.8) is 0 Å². The molecular weight excluding hydrogens is 296 g/mol. The van der Waals surface area contributed by atoms with Crippen molar-refractivity contribution in [3.8, 4) is 11.5 Å². The van der Waals surface area contributed by atoms with E-state index in [0.717, 1.165) is 23.0 Å². The molecule has 1 unspecified atom stereocenters. The first kappa shape index (κ1) is 13.2. The van der Waals surface area contributed by atoms with Gasteiger partial charge >= 0.3 is 0 Å². The van der Waals surface area contributed by atoms with E-state index in [9.17, 15) is 0 Å². The average Bonchev–Trinajstić information content (AvgIpc) is 2.85. The lowest BCUT2D eigenvalue weighted by Crippen LogP contribution is -2.19. The molecule has 0 radical (unpaired) electrons. The summed E-state index contributed by atoms with van der Waals surface area (Å²) in [6.07, 6.45) is 4.49. The van der Waals surface area contributed by atoms with Gasteiger partial charge in [-0.15, -0.1) is 10.2 Å². The molecule has 2 aromatic rings. The molecule has 18 heavy (non-hydrogen) atoms. The Morgan fingerprint density at radius 3 is 2.94 bits per heavy atom. The molecule has 0 aromatic carbocycles. The van der Waals surface area contributed by atoms with Crippen molar-refractivity contribution in [2.75, 3.05) is 6.54 Å². The van der Waals surface area contributed by atoms with Gasteiger partial charge in [-0.2, -0.15) is 0 Å². The summed E-state index contributed by atoms with van der Waals surface area (Å²) in [6.45, 7) is 5.05. The van der Waals surface area contributed by atoms with Gasteiger partial charge in [0.15, 0.2) is 0 Å². The van der Waals surface area contributed by atoms with Gasteiger partial charge in [-0.25, -0.2) is 0 Å². The Morgan fingerprint density at radius 2 is 2.22 bits per heavy atom. The van der Waals surface area contributed by atoms with Gasteiger partial charge in [0.1, 0.15) is 0 Å². The maximum atomic E-state index is 5.64. The van der Waals surface area contributed by atoms with Crippen LogP contribution in [0, 0.1) is 0 Å². The summed E-state index contributed by atoms with van der Waals surface area (Å²) < 4.78 is 6.52. The third kappa shape index (κ3) is 3.14. The number of aromatic nitrogens is 3. The Morgan fingerprint density at radius 1 is 1.39 bits per heavy atom. The molecule has 0 saturated carbocycles. The van der Waals surface area contributed by atoms with E-state index in [0.29, 0.717) is 11.8 Å². The van der Waals surface area contributed by atoms with Gasteiger partial charge in [0.05, 0.1) is 11.6 Å². The van der Waals surface area contributed by atoms with E-state index in [2.05, 4.69) is 43.4 Å². The van der Waals surface area contributed by atoms with Gasteiger partial charge in [0.2, 0.25) is 11.8 Å². The number of nitrogens with one attached hydrogen (secondary N) is 1. The minimum Gasteiger partial charge on any atom is -0.419 e. The van der Waals surface area contributed by atoms with E-state index in [1.54, 1.807) is 12.4 Å². The number of halogens is 1. The van der Waals surface area contributed by atoms with E-state index < -0.39 is 0 Å². The maximum Gasteiger partial charge on any atom is 0.249 e. The first-order valence-electron chi connectivity index (χ1n) is 5.88. The van der Waals surface area contributed by atoms with Gasteiger partial charge in [-0.3, -0.25) is 4.98 Å². The van der Waals surface area contributed by atoms with Crippen LogP contribution in [0.1, 0.15) is 32.2 Å². The Labute approximate surface area is 114 Å². The molecule has 96 valence electrons. The second-order valence-electron chi connectivity index (χ2n) is 4.01. The van der Waals surface area contributed by atoms with Crippen LogP contribution >= 0.6 is 15.9 Å². The van der Waals surface area contributed by atoms with Crippen molar-refractivity contribution >= 4 is 15.9 Å². The minimum atomic E-state index is 0.0614. The molecule has 0 aliphatic heterocycles. The molecule has 2 heterocycles. The van der Waals surface area contributed by atoms with Gasteiger partial charge < -0.3 is 9.73 Å². The molecule has 0 aliphatic rings. The molecule has 0 bridgehead atoms. The second-order valence-corrected chi connectivity index (χ2v) is 4.93. The van der Waals surface area contributed by atoms with Crippen molar-refractivity contribution < 1.29 is 4.42 Å². The van der Waals surface area contributed by atoms with Crippen LogP contribution in [0.4, 0.5) is 0 Å². The zero-order chi connectivity index (χ0) is 13.0. The quantitative estimate of drug-likeness (QED) is 0.920. The number of nitrogens with zero attached hydrogens (tertiary/aromatic N) is 3. The summed E-state index contributed by atoms with van der Waals surface area (Å²) >= 11 is 3.36. The van der Waals surface area contributed by atoms with Crippen LogP contribution in [0.5, 0.6) is 0 Å². The summed E-state index contributed by atoms with van der Waals surface area (Å²) in [7, 11) is 0. The van der Waals surface area contributed by atoms with Gasteiger partial charge in [0.25, 0.3) is 0 Å². The fourth-order valence-corrected chi connectivity index (χ4v) is 1.87. The lowest BCUT2D eigenvalue weighted by atomic mass is 10.3. The first-order valence-corrected chi connectivity index (χ1v) is 6.67. The lowest BCUT2D eigenvalue weighted by Gasteiger charge is -2.07. The van der Waals surface area contributed by atoms with Crippen molar-refractivity contribution in [1.82, 2.24) is 20.5 Å². The largest absolute Gasteiger partial charge is 0.419 e. The molecule has 0 aliphatic carbocycles. The SMILES string of the molecule is CCCNC(C)c1nnc(-c2cncc(Br)c2)o1. The predicted molar refractivity (Wildman–Crippen MR) is 71.9 cm³/mol. The third-order valence-corrected chi connectivity index (χ3v) is 2.90. The Balaban J connectivity index is 2.15. The fraction of sp³-hybridized carbons (Fsp3) is 0.417. The molecule has 0 fully saturated rings. The normalized spacial score (nSPS) is 12.6. The average molecular weight is 311 g/mol. The van der Waals surface area contributed by atoms with Crippen LogP contribution < -0.4 is 5.32 Å². The van der Waals surface area contributed by atoms with Crippen molar-refractivity contribution in [1.29, 1.82) is 0 Å². The van der Waals surface area contributed by atoms with E-state index in [-0.39, 0.29) is 6.04 Å². The topological polar surface area (TPSA) is 63.8 Å². The number of hydrogen-bond acceptors (Lipinski definition) is 5. The second kappa shape index (κ2) is 6.06. The van der Waals surface area contributed by atoms with Crippen LogP contribution in [-0.2, 0) is 0 Å². The van der Waals surface area contributed by atoms with Gasteiger partial charge in [0, 0.05) is 16.9 Å². The molecule has 1 N–H and O–H groups in total. The number of pyridine rings is 1. The Bertz CT molecular complexity index is 514. The molecular formula is C12H15BrN4O. The molecule has 2 aromatic heterocycles. The van der Waals surface area contributed by atoms with Crippen LogP contribution in [-0.4, -0.2) is 21.7 Å². The molecule has 2 rings (SSSR count). The molecule has 6 heteroatoms. The van der Waals surface area contributed by atoms with Crippen LogP contribution in [0.3, 0.4) is 0 Å². The number of hydrogen-bond donors (Lipinski definition) is 1. The first-order chi connectivity index (χ1) is 8.70. The minimum absolute atomic E-state index is 0.0614. The van der Waals surface area contributed by atoms with Crippen LogP contribution in [0.2, 0.25) is 0 Å². The summed E-state index contributed by atoms with van der Waals surface area (Å²) in [6, 6.07) is 1.96. The van der Waals surface area contributed by atoms with Gasteiger partial charge in [-0.05, 0) is 41.9 Å². The van der Waals surface area contributed by atoms with E-state index >= 15 is 0 Å². The molecule has 0 amide bonds. The highest BCUT2D eigenvalue weighted by Crippen LogP contribution is 2.22. The zero-order valence-corrected chi connectivity index (χ0v) is 11.9. The van der Waals surface area contributed by atoms with Crippen LogP contribution in [0.15, 0.2) is 27.3 Å². The van der Waals surface area contributed by atoms with Gasteiger partial charge in [-0.1, -0.05) is 6.92 Å². The standard InChI is InChI=1S/C12H15BrN4O/c1-3-4-15-8(2)11-16-17-12(18-11)9-5-10(13)7-14-6-9/h5-8,15H,3-4H2,1-2H3. The van der Waals surface area contributed by atoms with E-state index in [1.807, 2.05) is 13.0 Å². The summed E-state index contributed by atoms with van der Waals surface area (Å²) in [4.78, 5) is 4.07. The monoisotopic (exact) mass is 310 g/mol. The maximum absolute atomic E-state index is 5.64. The summed E-state index contributed by atoms with van der Waals surface area (Å²) in [5.74, 6) is 1.09. The molecule has 0 saturated heterocycles. The number of rotatable bonds is 5. The third-order valence-electron chi connectivity index (χ3n) is 2.46. The molecule has 0 spiro atoms. The van der Waals surface area contributed by atoms with Crippen molar-refractivity contribution in [3.05, 3.63) is 28.8 Å². The van der Waals surface area contributed by atoms with Crippen molar-refractivity contribution in [2.24, 2.45) is 0 Å². The van der Waals surface area contributed by atoms with Crippen molar-refractivity contribution in [2.45, 2.75) is 26.3 Å². The van der Waals surface area contributed by atoms with E-state index in [4.69, 9.17) is 4.42 Å². The van der Waals surface area contributed by atoms with Crippen LogP contribution in [0.25, 0.3) is 11.5 Å². The predicted octanol–water partition coefficient (Wildman–Crippen LogP) is 2.95. The highest BCUT2D eigenvalue weighted by molar-refractivity contribution is 9.10. The fourth-order valence-electron chi connectivity index (χ4n) is 1.50. The summed E-state index contributed by atoms with van der Waals surface area (Å²) in [5, 5.41) is 11.4. The summed E-state index contributed by atoms with van der Waals surface area (Å²) in [5.41, 5.74) is 0.811. The highest BCUT2D eigenvalue weighted by atomic mass is 79.9. The smallest absolute Gasteiger partial charge is 0.249 e. The Kier molecular flexibility index (Phi) is 4.43. The molecule has 1 atom stereocenters. The Hall–Kier alpha value is -1.27. The zero-order valence-electron chi connectivity index (χ0n) is 10.4. The molecule has 5 nitrogen and oxygen atoms in total.